The molecule has 1 atom stereocenters. The van der Waals surface area contributed by atoms with Gasteiger partial charge < -0.3 is 4.74 Å². The molecule has 0 N–H and O–H groups in total. The van der Waals surface area contributed by atoms with Crippen molar-refractivity contribution < 1.29 is 4.74 Å². The summed E-state index contributed by atoms with van der Waals surface area (Å²) in [5.74, 6) is 1.61. The average molecular weight is 244 g/mol. The lowest BCUT2D eigenvalue weighted by molar-refractivity contribution is 0.259. The lowest BCUT2D eigenvalue weighted by Gasteiger charge is -2.33. The molecule has 18 heavy (non-hydrogen) atoms. The van der Waals surface area contributed by atoms with Crippen molar-refractivity contribution in [3.05, 3.63) is 42.0 Å². The predicted molar refractivity (Wildman–Crippen MR) is 77.4 cm³/mol. The highest BCUT2D eigenvalue weighted by Crippen LogP contribution is 2.56. The van der Waals surface area contributed by atoms with Crippen molar-refractivity contribution in [3.8, 4) is 5.75 Å². The van der Waals surface area contributed by atoms with Gasteiger partial charge in [0.25, 0.3) is 0 Å². The van der Waals surface area contributed by atoms with E-state index in [4.69, 9.17) is 4.74 Å². The highest BCUT2D eigenvalue weighted by molar-refractivity contribution is 5.53. The molecule has 1 aromatic carbocycles. The molecule has 1 unspecified atom stereocenters. The Balaban J connectivity index is 2.59. The molecule has 1 heteroatoms. The summed E-state index contributed by atoms with van der Waals surface area (Å²) in [6.07, 6.45) is 1.80. The first-order valence-electron chi connectivity index (χ1n) is 6.71. The summed E-state index contributed by atoms with van der Waals surface area (Å²) in [6, 6.07) is 6.44. The van der Waals surface area contributed by atoms with E-state index in [9.17, 15) is 0 Å². The smallest absolute Gasteiger partial charge is 0.123 e. The van der Waals surface area contributed by atoms with Crippen LogP contribution in [0.5, 0.6) is 5.75 Å². The van der Waals surface area contributed by atoms with Gasteiger partial charge >= 0.3 is 0 Å². The summed E-state index contributed by atoms with van der Waals surface area (Å²) in [5, 5.41) is 0. The third kappa shape index (κ3) is 1.68. The zero-order chi connectivity index (χ0) is 13.6. The van der Waals surface area contributed by atoms with E-state index >= 15 is 0 Å². The minimum absolute atomic E-state index is 0.149. The van der Waals surface area contributed by atoms with E-state index in [-0.39, 0.29) is 10.8 Å². The second-order valence-corrected chi connectivity index (χ2v) is 6.44. The fourth-order valence-corrected chi connectivity index (χ4v) is 3.35. The fourth-order valence-electron chi connectivity index (χ4n) is 3.35. The Labute approximate surface area is 111 Å². The van der Waals surface area contributed by atoms with E-state index < -0.39 is 0 Å². The second kappa shape index (κ2) is 4.15. The molecule has 0 bridgehead atoms. The van der Waals surface area contributed by atoms with Crippen LogP contribution in [0, 0.1) is 5.92 Å². The molecule has 1 aliphatic carbocycles. The molecule has 1 aliphatic rings. The molecule has 0 aliphatic heterocycles. The summed E-state index contributed by atoms with van der Waals surface area (Å²) >= 11 is 0. The number of hydrogen-bond donors (Lipinski definition) is 0. The van der Waals surface area contributed by atoms with Crippen LogP contribution < -0.4 is 4.74 Å². The van der Waals surface area contributed by atoms with Crippen LogP contribution in [0.2, 0.25) is 0 Å². The van der Waals surface area contributed by atoms with Gasteiger partial charge in [0.05, 0.1) is 0 Å². The van der Waals surface area contributed by atoms with Crippen LogP contribution in [0.4, 0.5) is 0 Å². The van der Waals surface area contributed by atoms with Crippen molar-refractivity contribution in [2.45, 2.75) is 45.4 Å². The minimum Gasteiger partial charge on any atom is -0.489 e. The molecule has 1 aromatic rings. The SMILES string of the molecule is C=CCOc1cccc2c1C(C)(C)C(C)C2(C)C. The monoisotopic (exact) mass is 244 g/mol. The van der Waals surface area contributed by atoms with Gasteiger partial charge in [0.2, 0.25) is 0 Å². The standard InChI is InChI=1S/C17H24O/c1-7-11-18-14-10-8-9-13-15(14)17(5,6)12(2)16(13,3)4/h7-10,12H,1,11H2,2-6H3. The summed E-state index contributed by atoms with van der Waals surface area (Å²) in [5.41, 5.74) is 3.16. The summed E-state index contributed by atoms with van der Waals surface area (Å²) in [6.45, 7) is 16.0. The quantitative estimate of drug-likeness (QED) is 0.713. The Bertz CT molecular complexity index is 468. The third-order valence-corrected chi connectivity index (χ3v) is 4.89. The van der Waals surface area contributed by atoms with E-state index in [2.05, 4.69) is 59.4 Å². The first kappa shape index (κ1) is 13.2. The van der Waals surface area contributed by atoms with Gasteiger partial charge in [-0.3, -0.25) is 0 Å². The Morgan fingerprint density at radius 2 is 1.89 bits per heavy atom. The number of fused-ring (bicyclic) bond motifs is 1. The molecule has 0 heterocycles. The van der Waals surface area contributed by atoms with Crippen molar-refractivity contribution in [3.63, 3.8) is 0 Å². The minimum atomic E-state index is 0.149. The van der Waals surface area contributed by atoms with E-state index in [0.29, 0.717) is 12.5 Å². The Morgan fingerprint density at radius 3 is 2.50 bits per heavy atom. The number of rotatable bonds is 3. The van der Waals surface area contributed by atoms with E-state index in [1.54, 1.807) is 6.08 Å². The van der Waals surface area contributed by atoms with E-state index in [1.807, 2.05) is 0 Å². The van der Waals surface area contributed by atoms with Gasteiger partial charge in [0, 0.05) is 5.56 Å². The normalized spacial score (nSPS) is 23.5. The summed E-state index contributed by atoms with van der Waals surface area (Å²) in [4.78, 5) is 0. The molecule has 0 amide bonds. The van der Waals surface area contributed by atoms with Gasteiger partial charge in [0.1, 0.15) is 12.4 Å². The third-order valence-electron chi connectivity index (χ3n) is 4.89. The lowest BCUT2D eigenvalue weighted by Crippen LogP contribution is -2.31. The maximum Gasteiger partial charge on any atom is 0.123 e. The lowest BCUT2D eigenvalue weighted by atomic mass is 9.71. The van der Waals surface area contributed by atoms with Crippen molar-refractivity contribution in [1.29, 1.82) is 0 Å². The molecule has 1 nitrogen and oxygen atoms in total. The molecular formula is C17H24O. The zero-order valence-corrected chi connectivity index (χ0v) is 12.2. The van der Waals surface area contributed by atoms with Gasteiger partial charge in [-0.05, 0) is 28.4 Å². The Hall–Kier alpha value is -1.24. The fraction of sp³-hybridized carbons (Fsp3) is 0.529. The molecule has 0 spiro atoms. The van der Waals surface area contributed by atoms with Gasteiger partial charge in [-0.2, -0.15) is 0 Å². The van der Waals surface area contributed by atoms with Crippen LogP contribution in [0.1, 0.15) is 45.7 Å². The molecule has 2 rings (SSSR count). The van der Waals surface area contributed by atoms with E-state index in [1.165, 1.54) is 11.1 Å². The largest absolute Gasteiger partial charge is 0.489 e. The van der Waals surface area contributed by atoms with E-state index in [0.717, 1.165) is 5.75 Å². The number of hydrogen-bond acceptors (Lipinski definition) is 1. The highest BCUT2D eigenvalue weighted by Gasteiger charge is 2.49. The molecule has 0 saturated carbocycles. The summed E-state index contributed by atoms with van der Waals surface area (Å²) < 4.78 is 5.86. The van der Waals surface area contributed by atoms with Crippen LogP contribution in [0.3, 0.4) is 0 Å². The van der Waals surface area contributed by atoms with Gasteiger partial charge in [0.15, 0.2) is 0 Å². The van der Waals surface area contributed by atoms with Crippen molar-refractivity contribution in [1.82, 2.24) is 0 Å². The topological polar surface area (TPSA) is 9.23 Å². The van der Waals surface area contributed by atoms with Crippen molar-refractivity contribution in [2.24, 2.45) is 5.92 Å². The molecule has 98 valence electrons. The Morgan fingerprint density at radius 1 is 1.22 bits per heavy atom. The molecule has 0 fully saturated rings. The van der Waals surface area contributed by atoms with Gasteiger partial charge in [-0.1, -0.05) is 59.4 Å². The second-order valence-electron chi connectivity index (χ2n) is 6.44. The first-order valence-corrected chi connectivity index (χ1v) is 6.71. The van der Waals surface area contributed by atoms with Crippen LogP contribution >= 0.6 is 0 Å². The van der Waals surface area contributed by atoms with Crippen LogP contribution in [0.25, 0.3) is 0 Å². The molecular weight excluding hydrogens is 220 g/mol. The molecule has 0 saturated heterocycles. The van der Waals surface area contributed by atoms with Crippen molar-refractivity contribution >= 4 is 0 Å². The molecule has 0 aromatic heterocycles. The first-order chi connectivity index (χ1) is 8.33. The predicted octanol–water partition coefficient (Wildman–Crippen LogP) is 4.46. The van der Waals surface area contributed by atoms with Crippen LogP contribution in [-0.2, 0) is 10.8 Å². The summed E-state index contributed by atoms with van der Waals surface area (Å²) in [7, 11) is 0. The average Bonchev–Trinajstić information content (AvgIpc) is 2.47. The zero-order valence-electron chi connectivity index (χ0n) is 12.2. The van der Waals surface area contributed by atoms with Crippen molar-refractivity contribution in [2.75, 3.05) is 6.61 Å². The van der Waals surface area contributed by atoms with Gasteiger partial charge in [-0.25, -0.2) is 0 Å². The van der Waals surface area contributed by atoms with Crippen LogP contribution in [0.15, 0.2) is 30.9 Å². The Kier molecular flexibility index (Phi) is 3.04. The number of ether oxygens (including phenoxy) is 1. The highest BCUT2D eigenvalue weighted by atomic mass is 16.5. The maximum absolute atomic E-state index is 5.86. The maximum atomic E-state index is 5.86. The molecule has 0 radical (unpaired) electrons. The number of benzene rings is 1. The van der Waals surface area contributed by atoms with Gasteiger partial charge in [-0.15, -0.1) is 0 Å². The van der Waals surface area contributed by atoms with Crippen LogP contribution in [-0.4, -0.2) is 6.61 Å².